The third-order valence-electron chi connectivity index (χ3n) is 6.47. The number of rotatable bonds is 4. The Labute approximate surface area is 207 Å². The zero-order valence-corrected chi connectivity index (χ0v) is 20.5. The van der Waals surface area contributed by atoms with Crippen molar-refractivity contribution in [2.45, 2.75) is 33.1 Å². The number of halogens is 1. The summed E-state index contributed by atoms with van der Waals surface area (Å²) in [5.41, 5.74) is 10.8. The van der Waals surface area contributed by atoms with E-state index in [1.807, 2.05) is 55.5 Å². The molecule has 1 aliphatic carbocycles. The maximum absolute atomic E-state index is 13.7. The first-order valence-electron chi connectivity index (χ1n) is 11.2. The van der Waals surface area contributed by atoms with Crippen molar-refractivity contribution in [1.82, 2.24) is 4.98 Å². The number of nitrogens with one attached hydrogen (secondary N) is 1. The van der Waals surface area contributed by atoms with Crippen LogP contribution in [0.4, 0.5) is 5.00 Å². The Kier molecular flexibility index (Phi) is 5.88. The number of pyridine rings is 1. The van der Waals surface area contributed by atoms with Crippen molar-refractivity contribution < 1.29 is 9.59 Å². The van der Waals surface area contributed by atoms with E-state index in [2.05, 4.69) is 12.2 Å². The van der Waals surface area contributed by atoms with Crippen molar-refractivity contribution in [3.05, 3.63) is 80.7 Å². The highest BCUT2D eigenvalue weighted by atomic mass is 35.5. The van der Waals surface area contributed by atoms with Crippen LogP contribution >= 0.6 is 22.9 Å². The van der Waals surface area contributed by atoms with E-state index in [0.29, 0.717) is 27.1 Å². The fourth-order valence-electron chi connectivity index (χ4n) is 4.75. The number of carbonyl (C=O) groups excluding carboxylic acids is 2. The smallest absolute Gasteiger partial charge is 0.257 e. The molecule has 5 nitrogen and oxygen atoms in total. The standard InChI is InChI=1S/C27H24ClN3O2S/c1-14-7-12-19-21(13-14)34-27(23(19)25(29)32)31-26(33)22-15(2)24(16-8-10-17(28)11-9-16)30-20-6-4-3-5-18(20)22/h3-6,8-11,14H,7,12-13H2,1-2H3,(H2,29,32)(H,31,33). The minimum atomic E-state index is -0.500. The molecule has 1 aliphatic rings. The Morgan fingerprint density at radius 1 is 1.12 bits per heavy atom. The summed E-state index contributed by atoms with van der Waals surface area (Å²) in [4.78, 5) is 32.1. The lowest BCUT2D eigenvalue weighted by atomic mass is 9.88. The summed E-state index contributed by atoms with van der Waals surface area (Å²) in [5.74, 6) is -0.232. The molecule has 3 N–H and O–H groups in total. The third kappa shape index (κ3) is 3.97. The normalized spacial score (nSPS) is 15.2. The molecule has 0 aliphatic heterocycles. The predicted octanol–water partition coefficient (Wildman–Crippen LogP) is 6.40. The van der Waals surface area contributed by atoms with Gasteiger partial charge >= 0.3 is 0 Å². The molecule has 2 aromatic carbocycles. The molecule has 2 aromatic heterocycles. The number of nitrogens with two attached hydrogens (primary N) is 1. The lowest BCUT2D eigenvalue weighted by Crippen LogP contribution is -2.20. The van der Waals surface area contributed by atoms with Gasteiger partial charge in [0.05, 0.1) is 22.3 Å². The van der Waals surface area contributed by atoms with E-state index in [0.717, 1.165) is 57.4 Å². The molecule has 34 heavy (non-hydrogen) atoms. The minimum absolute atomic E-state index is 0.277. The molecule has 0 saturated carbocycles. The average molecular weight is 490 g/mol. The van der Waals surface area contributed by atoms with Gasteiger partial charge < -0.3 is 11.1 Å². The van der Waals surface area contributed by atoms with E-state index in [9.17, 15) is 9.59 Å². The molecule has 0 spiro atoms. The van der Waals surface area contributed by atoms with Gasteiger partial charge in [-0.25, -0.2) is 4.98 Å². The molecule has 4 aromatic rings. The van der Waals surface area contributed by atoms with Crippen LogP contribution in [0.1, 0.15) is 50.1 Å². The van der Waals surface area contributed by atoms with Gasteiger partial charge in [0.2, 0.25) is 0 Å². The fraction of sp³-hybridized carbons (Fsp3) is 0.222. The van der Waals surface area contributed by atoms with E-state index in [4.69, 9.17) is 22.3 Å². The fourth-order valence-corrected chi connectivity index (χ4v) is 6.29. The summed E-state index contributed by atoms with van der Waals surface area (Å²) in [6, 6.07) is 15.0. The van der Waals surface area contributed by atoms with E-state index < -0.39 is 5.91 Å². The van der Waals surface area contributed by atoms with Crippen molar-refractivity contribution in [2.24, 2.45) is 11.7 Å². The number of nitrogens with zero attached hydrogens (tertiary/aromatic N) is 1. The highest BCUT2D eigenvalue weighted by molar-refractivity contribution is 7.17. The molecule has 0 bridgehead atoms. The largest absolute Gasteiger partial charge is 0.365 e. The quantitative estimate of drug-likeness (QED) is 0.347. The van der Waals surface area contributed by atoms with E-state index in [1.165, 1.54) is 11.3 Å². The second-order valence-electron chi connectivity index (χ2n) is 8.86. The van der Waals surface area contributed by atoms with Gasteiger partial charge in [0.25, 0.3) is 11.8 Å². The Balaban J connectivity index is 1.63. The summed E-state index contributed by atoms with van der Waals surface area (Å²) in [6.45, 7) is 4.10. The lowest BCUT2D eigenvalue weighted by molar-refractivity contribution is 0.1000. The first-order chi connectivity index (χ1) is 16.3. The van der Waals surface area contributed by atoms with Gasteiger partial charge in [0.1, 0.15) is 5.00 Å². The molecule has 5 rings (SSSR count). The summed E-state index contributed by atoms with van der Waals surface area (Å²) < 4.78 is 0. The van der Waals surface area contributed by atoms with Gasteiger partial charge in [0.15, 0.2) is 0 Å². The summed E-state index contributed by atoms with van der Waals surface area (Å²) in [6.07, 6.45) is 2.71. The van der Waals surface area contributed by atoms with Crippen LogP contribution in [-0.2, 0) is 12.8 Å². The summed E-state index contributed by atoms with van der Waals surface area (Å²) >= 11 is 7.54. The highest BCUT2D eigenvalue weighted by Crippen LogP contribution is 2.40. The number of carbonyl (C=O) groups is 2. The van der Waals surface area contributed by atoms with Gasteiger partial charge in [-0.15, -0.1) is 11.3 Å². The zero-order chi connectivity index (χ0) is 24.0. The maximum Gasteiger partial charge on any atom is 0.257 e. The van der Waals surface area contributed by atoms with Gasteiger partial charge in [-0.3, -0.25) is 9.59 Å². The molecule has 0 fully saturated rings. The Morgan fingerprint density at radius 3 is 2.59 bits per heavy atom. The molecule has 7 heteroatoms. The molecule has 2 amide bonds. The second-order valence-corrected chi connectivity index (χ2v) is 10.4. The van der Waals surface area contributed by atoms with Crippen LogP contribution in [0, 0.1) is 12.8 Å². The Morgan fingerprint density at radius 2 is 1.85 bits per heavy atom. The van der Waals surface area contributed by atoms with Crippen LogP contribution in [0.3, 0.4) is 0 Å². The number of anilines is 1. The van der Waals surface area contributed by atoms with Crippen molar-refractivity contribution in [3.8, 4) is 11.3 Å². The monoisotopic (exact) mass is 489 g/mol. The number of hydrogen-bond acceptors (Lipinski definition) is 4. The summed E-state index contributed by atoms with van der Waals surface area (Å²) in [7, 11) is 0. The van der Waals surface area contributed by atoms with E-state index in [-0.39, 0.29) is 5.91 Å². The van der Waals surface area contributed by atoms with Crippen molar-refractivity contribution in [3.63, 3.8) is 0 Å². The number of primary amides is 1. The van der Waals surface area contributed by atoms with Crippen molar-refractivity contribution in [1.29, 1.82) is 0 Å². The lowest BCUT2D eigenvalue weighted by Gasteiger charge is -2.18. The molecule has 2 heterocycles. The van der Waals surface area contributed by atoms with Crippen LogP contribution in [0.2, 0.25) is 5.02 Å². The first kappa shape index (κ1) is 22.6. The molecule has 0 saturated heterocycles. The molecular formula is C27H24ClN3O2S. The van der Waals surface area contributed by atoms with Gasteiger partial charge in [-0.2, -0.15) is 0 Å². The van der Waals surface area contributed by atoms with Gasteiger partial charge in [-0.05, 0) is 61.4 Å². The second kappa shape index (κ2) is 8.85. The molecule has 1 unspecified atom stereocenters. The number of hydrogen-bond donors (Lipinski definition) is 2. The third-order valence-corrected chi connectivity index (χ3v) is 7.89. The van der Waals surface area contributed by atoms with Crippen molar-refractivity contribution in [2.75, 3.05) is 5.32 Å². The van der Waals surface area contributed by atoms with Gasteiger partial charge in [-0.1, -0.05) is 48.9 Å². The number of thiophene rings is 1. The maximum atomic E-state index is 13.7. The number of aromatic nitrogens is 1. The SMILES string of the molecule is Cc1c(-c2ccc(Cl)cc2)nc2ccccc2c1C(=O)Nc1sc2c(c1C(N)=O)CCC(C)C2. The first-order valence-corrected chi connectivity index (χ1v) is 12.4. The Bertz CT molecular complexity index is 1440. The number of amides is 2. The molecule has 0 radical (unpaired) electrons. The van der Waals surface area contributed by atoms with Crippen molar-refractivity contribution >= 4 is 50.7 Å². The van der Waals surface area contributed by atoms with Crippen LogP contribution in [0.15, 0.2) is 48.5 Å². The Hall–Kier alpha value is -3.22. The number of fused-ring (bicyclic) bond motifs is 2. The van der Waals surface area contributed by atoms with Crippen LogP contribution < -0.4 is 11.1 Å². The zero-order valence-electron chi connectivity index (χ0n) is 18.9. The van der Waals surface area contributed by atoms with E-state index >= 15 is 0 Å². The molecular weight excluding hydrogens is 466 g/mol. The number of para-hydroxylation sites is 1. The molecule has 172 valence electrons. The summed E-state index contributed by atoms with van der Waals surface area (Å²) in [5, 5.41) is 4.95. The van der Waals surface area contributed by atoms with Crippen LogP contribution in [0.25, 0.3) is 22.2 Å². The number of benzene rings is 2. The highest BCUT2D eigenvalue weighted by Gasteiger charge is 2.28. The minimum Gasteiger partial charge on any atom is -0.365 e. The topological polar surface area (TPSA) is 85.1 Å². The average Bonchev–Trinajstić information content (AvgIpc) is 3.16. The molecule has 1 atom stereocenters. The van der Waals surface area contributed by atoms with Crippen LogP contribution in [-0.4, -0.2) is 16.8 Å². The van der Waals surface area contributed by atoms with E-state index in [1.54, 1.807) is 0 Å². The predicted molar refractivity (Wildman–Crippen MR) is 139 cm³/mol. The van der Waals surface area contributed by atoms with Crippen LogP contribution in [0.5, 0.6) is 0 Å². The van der Waals surface area contributed by atoms with Gasteiger partial charge in [0, 0.05) is 20.8 Å².